The van der Waals surface area contributed by atoms with Gasteiger partial charge in [-0.25, -0.2) is 4.39 Å². The number of anilines is 2. The summed E-state index contributed by atoms with van der Waals surface area (Å²) in [5.74, 6) is 0.237. The first-order chi connectivity index (χ1) is 8.49. The number of hydrogen-bond acceptors (Lipinski definition) is 2. The molecule has 0 unspecified atom stereocenters. The van der Waals surface area contributed by atoms with Crippen LogP contribution in [0.25, 0.3) is 0 Å². The van der Waals surface area contributed by atoms with E-state index in [1.807, 2.05) is 0 Å². The average Bonchev–Trinajstić information content (AvgIpc) is 3.09. The molecule has 2 N–H and O–H groups in total. The average molecular weight is 271 g/mol. The Hall–Kier alpha value is -0.960. The molecule has 2 rings (SSSR count). The SMILES string of the molecule is CC(C)CCN(c1cc(F)c(Cl)cc1N)C1CC1. The molecule has 1 aromatic rings. The molecule has 0 heterocycles. The van der Waals surface area contributed by atoms with Crippen molar-refractivity contribution in [2.45, 2.75) is 39.2 Å². The number of benzene rings is 1. The molecule has 0 spiro atoms. The van der Waals surface area contributed by atoms with Crippen LogP contribution in [0.2, 0.25) is 5.02 Å². The molecular formula is C14H20ClFN2. The molecule has 0 amide bonds. The molecular weight excluding hydrogens is 251 g/mol. The Balaban J connectivity index is 2.22. The van der Waals surface area contributed by atoms with Crippen LogP contribution in [0.1, 0.15) is 33.1 Å². The van der Waals surface area contributed by atoms with E-state index in [9.17, 15) is 4.39 Å². The van der Waals surface area contributed by atoms with Gasteiger partial charge in [0.15, 0.2) is 0 Å². The second kappa shape index (κ2) is 5.35. The van der Waals surface area contributed by atoms with Crippen LogP contribution in [0.5, 0.6) is 0 Å². The first-order valence-corrected chi connectivity index (χ1v) is 6.88. The molecule has 1 aliphatic rings. The van der Waals surface area contributed by atoms with E-state index in [0.717, 1.165) is 18.7 Å². The molecule has 1 aromatic carbocycles. The Morgan fingerprint density at radius 2 is 2.11 bits per heavy atom. The largest absolute Gasteiger partial charge is 0.397 e. The highest BCUT2D eigenvalue weighted by atomic mass is 35.5. The second-order valence-corrected chi connectivity index (χ2v) is 5.84. The summed E-state index contributed by atoms with van der Waals surface area (Å²) in [6, 6.07) is 3.50. The van der Waals surface area contributed by atoms with Gasteiger partial charge >= 0.3 is 0 Å². The normalized spacial score (nSPS) is 15.2. The van der Waals surface area contributed by atoms with Crippen LogP contribution in [0.3, 0.4) is 0 Å². The minimum Gasteiger partial charge on any atom is -0.397 e. The third kappa shape index (κ3) is 3.08. The molecule has 100 valence electrons. The highest BCUT2D eigenvalue weighted by Gasteiger charge is 2.30. The molecule has 18 heavy (non-hydrogen) atoms. The lowest BCUT2D eigenvalue weighted by molar-refractivity contribution is 0.569. The molecule has 0 aromatic heterocycles. The van der Waals surface area contributed by atoms with Gasteiger partial charge in [0.1, 0.15) is 5.82 Å². The van der Waals surface area contributed by atoms with Gasteiger partial charge in [-0.1, -0.05) is 25.4 Å². The van der Waals surface area contributed by atoms with Crippen molar-refractivity contribution in [3.05, 3.63) is 23.0 Å². The number of nitrogen functional groups attached to an aromatic ring is 1. The summed E-state index contributed by atoms with van der Waals surface area (Å²) in [7, 11) is 0. The Kier molecular flexibility index (Phi) is 4.00. The van der Waals surface area contributed by atoms with Gasteiger partial charge < -0.3 is 10.6 Å². The first kappa shape index (κ1) is 13.5. The van der Waals surface area contributed by atoms with Crippen LogP contribution in [0, 0.1) is 11.7 Å². The number of rotatable bonds is 5. The molecule has 1 aliphatic carbocycles. The van der Waals surface area contributed by atoms with Crippen molar-refractivity contribution in [1.82, 2.24) is 0 Å². The first-order valence-electron chi connectivity index (χ1n) is 6.50. The lowest BCUT2D eigenvalue weighted by Gasteiger charge is -2.27. The minimum atomic E-state index is -0.393. The van der Waals surface area contributed by atoms with Crippen molar-refractivity contribution in [3.63, 3.8) is 0 Å². The van der Waals surface area contributed by atoms with Gasteiger partial charge in [-0.15, -0.1) is 0 Å². The summed E-state index contributed by atoms with van der Waals surface area (Å²) < 4.78 is 13.6. The van der Waals surface area contributed by atoms with Crippen molar-refractivity contribution < 1.29 is 4.39 Å². The topological polar surface area (TPSA) is 29.3 Å². The van der Waals surface area contributed by atoms with Gasteiger partial charge in [0.05, 0.1) is 16.4 Å². The van der Waals surface area contributed by atoms with Crippen molar-refractivity contribution in [2.24, 2.45) is 5.92 Å². The van der Waals surface area contributed by atoms with Crippen LogP contribution < -0.4 is 10.6 Å². The van der Waals surface area contributed by atoms with Crippen molar-refractivity contribution in [3.8, 4) is 0 Å². The summed E-state index contributed by atoms with van der Waals surface area (Å²) in [6.45, 7) is 5.31. The quantitative estimate of drug-likeness (QED) is 0.817. The third-order valence-electron chi connectivity index (χ3n) is 3.31. The summed E-state index contributed by atoms with van der Waals surface area (Å²) in [5.41, 5.74) is 7.33. The monoisotopic (exact) mass is 270 g/mol. The maximum atomic E-state index is 13.6. The molecule has 2 nitrogen and oxygen atoms in total. The molecule has 4 heteroatoms. The van der Waals surface area contributed by atoms with E-state index >= 15 is 0 Å². The van der Waals surface area contributed by atoms with Gasteiger partial charge in [-0.05, 0) is 31.2 Å². The molecule has 1 fully saturated rings. The molecule has 0 radical (unpaired) electrons. The fraction of sp³-hybridized carbons (Fsp3) is 0.571. The number of hydrogen-bond donors (Lipinski definition) is 1. The molecule has 0 saturated heterocycles. The summed E-state index contributed by atoms with van der Waals surface area (Å²) in [4.78, 5) is 2.23. The van der Waals surface area contributed by atoms with Gasteiger partial charge in [0.25, 0.3) is 0 Å². The van der Waals surface area contributed by atoms with Gasteiger partial charge in [0, 0.05) is 18.7 Å². The zero-order chi connectivity index (χ0) is 13.3. The fourth-order valence-corrected chi connectivity index (χ4v) is 2.26. The Morgan fingerprint density at radius 1 is 1.44 bits per heavy atom. The lowest BCUT2D eigenvalue weighted by atomic mass is 10.1. The highest BCUT2D eigenvalue weighted by Crippen LogP contribution is 2.37. The van der Waals surface area contributed by atoms with Crippen molar-refractivity contribution in [1.29, 1.82) is 0 Å². The maximum absolute atomic E-state index is 13.6. The van der Waals surface area contributed by atoms with Crippen LogP contribution in [-0.4, -0.2) is 12.6 Å². The van der Waals surface area contributed by atoms with Crippen molar-refractivity contribution >= 4 is 23.0 Å². The summed E-state index contributed by atoms with van der Waals surface area (Å²) >= 11 is 5.74. The minimum absolute atomic E-state index is 0.0934. The Morgan fingerprint density at radius 3 is 2.67 bits per heavy atom. The van der Waals surface area contributed by atoms with Gasteiger partial charge in [-0.2, -0.15) is 0 Å². The van der Waals surface area contributed by atoms with Crippen molar-refractivity contribution in [2.75, 3.05) is 17.2 Å². The predicted octanol–water partition coefficient (Wildman–Crippen LogP) is 4.08. The van der Waals surface area contributed by atoms with Crippen LogP contribution in [0.4, 0.5) is 15.8 Å². The highest BCUT2D eigenvalue weighted by molar-refractivity contribution is 6.31. The molecule has 0 aliphatic heterocycles. The Labute approximate surface area is 113 Å². The Bertz CT molecular complexity index is 430. The van der Waals surface area contributed by atoms with Gasteiger partial charge in [-0.3, -0.25) is 0 Å². The fourth-order valence-electron chi connectivity index (χ4n) is 2.08. The zero-order valence-electron chi connectivity index (χ0n) is 10.9. The lowest BCUT2D eigenvalue weighted by Crippen LogP contribution is -2.28. The summed E-state index contributed by atoms with van der Waals surface area (Å²) in [5, 5.41) is 0.0934. The van der Waals surface area contributed by atoms with E-state index in [2.05, 4.69) is 18.7 Å². The standard InChI is InChI=1S/C14H20ClFN2/c1-9(2)5-6-18(10-3-4-10)14-8-12(16)11(15)7-13(14)17/h7-10H,3-6,17H2,1-2H3. The zero-order valence-corrected chi connectivity index (χ0v) is 11.7. The van der Waals surface area contributed by atoms with E-state index in [1.165, 1.54) is 25.0 Å². The molecule has 0 atom stereocenters. The number of nitrogens with zero attached hydrogens (tertiary/aromatic N) is 1. The van der Waals surface area contributed by atoms with E-state index < -0.39 is 5.82 Å². The van der Waals surface area contributed by atoms with Crippen LogP contribution >= 0.6 is 11.6 Å². The van der Waals surface area contributed by atoms with E-state index in [1.54, 1.807) is 0 Å². The van der Waals surface area contributed by atoms with E-state index in [4.69, 9.17) is 17.3 Å². The predicted molar refractivity (Wildman–Crippen MR) is 75.6 cm³/mol. The van der Waals surface area contributed by atoms with Gasteiger partial charge in [0.2, 0.25) is 0 Å². The maximum Gasteiger partial charge on any atom is 0.144 e. The molecule has 0 bridgehead atoms. The number of halogens is 2. The third-order valence-corrected chi connectivity index (χ3v) is 3.60. The number of nitrogens with two attached hydrogens (primary N) is 1. The summed E-state index contributed by atoms with van der Waals surface area (Å²) in [6.07, 6.45) is 3.42. The van der Waals surface area contributed by atoms with Crippen LogP contribution in [0.15, 0.2) is 12.1 Å². The van der Waals surface area contributed by atoms with E-state index in [0.29, 0.717) is 17.6 Å². The second-order valence-electron chi connectivity index (χ2n) is 5.43. The van der Waals surface area contributed by atoms with Crippen LogP contribution in [-0.2, 0) is 0 Å². The molecule has 1 saturated carbocycles. The van der Waals surface area contributed by atoms with E-state index in [-0.39, 0.29) is 5.02 Å². The smallest absolute Gasteiger partial charge is 0.144 e.